The summed E-state index contributed by atoms with van der Waals surface area (Å²) < 4.78 is 30.3. The summed E-state index contributed by atoms with van der Waals surface area (Å²) in [7, 11) is -1.84. The van der Waals surface area contributed by atoms with Crippen LogP contribution < -0.4 is 14.4 Å². The van der Waals surface area contributed by atoms with Crippen LogP contribution >= 0.6 is 0 Å². The van der Waals surface area contributed by atoms with Gasteiger partial charge in [0.15, 0.2) is 6.10 Å². The van der Waals surface area contributed by atoms with Crippen molar-refractivity contribution >= 4 is 21.6 Å². The number of aryl methyl sites for hydroxylation is 1. The first-order chi connectivity index (χ1) is 13.7. The Kier molecular flexibility index (Phi) is 7.67. The number of nitrogens with zero attached hydrogens (tertiary/aromatic N) is 1. The first-order valence-electron chi connectivity index (χ1n) is 9.75. The lowest BCUT2D eigenvalue weighted by atomic mass is 10.0. The van der Waals surface area contributed by atoms with Gasteiger partial charge >= 0.3 is 0 Å². The third kappa shape index (κ3) is 6.22. The molecule has 29 heavy (non-hydrogen) atoms. The lowest BCUT2D eigenvalue weighted by Crippen LogP contribution is -2.39. The highest BCUT2D eigenvalue weighted by Crippen LogP contribution is 2.22. The standard InChI is InChI=1S/C22H30N2O4S/c1-6-17-8-10-18(11-9-17)16(3)23-22(25)21(7-2)28-20-14-12-19(13-15-20)24(4)29(5,26)27/h8-16,21H,6-7H2,1-5H3,(H,23,25)/t16-,21+/m0/s1. The molecule has 7 heteroatoms. The molecular formula is C22H30N2O4S. The summed E-state index contributed by atoms with van der Waals surface area (Å²) in [6.45, 7) is 5.94. The molecule has 1 amide bonds. The van der Waals surface area contributed by atoms with Crippen LogP contribution in [-0.4, -0.2) is 33.7 Å². The molecule has 1 N–H and O–H groups in total. The minimum absolute atomic E-state index is 0.128. The van der Waals surface area contributed by atoms with Crippen molar-refractivity contribution in [3.05, 3.63) is 59.7 Å². The maximum atomic E-state index is 12.7. The van der Waals surface area contributed by atoms with Crippen molar-refractivity contribution in [1.29, 1.82) is 0 Å². The first kappa shape index (κ1) is 22.7. The molecule has 0 fully saturated rings. The van der Waals surface area contributed by atoms with Gasteiger partial charge in [-0.1, -0.05) is 38.1 Å². The van der Waals surface area contributed by atoms with E-state index in [0.29, 0.717) is 17.9 Å². The van der Waals surface area contributed by atoms with Crippen molar-refractivity contribution in [3.63, 3.8) is 0 Å². The van der Waals surface area contributed by atoms with Crippen LogP contribution in [0.1, 0.15) is 44.4 Å². The zero-order valence-electron chi connectivity index (χ0n) is 17.7. The van der Waals surface area contributed by atoms with Crippen molar-refractivity contribution in [3.8, 4) is 5.75 Å². The Bertz CT molecular complexity index is 909. The van der Waals surface area contributed by atoms with Gasteiger partial charge in [0.2, 0.25) is 10.0 Å². The molecule has 0 spiro atoms. The van der Waals surface area contributed by atoms with Crippen molar-refractivity contribution in [1.82, 2.24) is 5.32 Å². The molecular weight excluding hydrogens is 388 g/mol. The summed E-state index contributed by atoms with van der Waals surface area (Å²) >= 11 is 0. The zero-order chi connectivity index (χ0) is 21.6. The molecule has 0 saturated carbocycles. The smallest absolute Gasteiger partial charge is 0.261 e. The van der Waals surface area contributed by atoms with Gasteiger partial charge < -0.3 is 10.1 Å². The molecule has 0 aliphatic rings. The number of hydrogen-bond donors (Lipinski definition) is 1. The Labute approximate surface area is 173 Å². The van der Waals surface area contributed by atoms with E-state index in [1.165, 1.54) is 16.9 Å². The van der Waals surface area contributed by atoms with Gasteiger partial charge in [0.1, 0.15) is 5.75 Å². The Morgan fingerprint density at radius 2 is 1.66 bits per heavy atom. The molecule has 2 aromatic rings. The number of hydrogen-bond acceptors (Lipinski definition) is 4. The van der Waals surface area contributed by atoms with Gasteiger partial charge in [-0.25, -0.2) is 8.42 Å². The van der Waals surface area contributed by atoms with Gasteiger partial charge in [0, 0.05) is 7.05 Å². The van der Waals surface area contributed by atoms with Gasteiger partial charge in [-0.05, 0) is 55.2 Å². The number of sulfonamides is 1. The third-order valence-corrected chi connectivity index (χ3v) is 6.09. The Morgan fingerprint density at radius 1 is 1.07 bits per heavy atom. The molecule has 0 radical (unpaired) electrons. The lowest BCUT2D eigenvalue weighted by Gasteiger charge is -2.21. The van der Waals surface area contributed by atoms with Crippen molar-refractivity contribution in [2.45, 2.75) is 45.8 Å². The Morgan fingerprint density at radius 3 is 2.14 bits per heavy atom. The van der Waals surface area contributed by atoms with Crippen LogP contribution in [0.3, 0.4) is 0 Å². The van der Waals surface area contributed by atoms with E-state index in [0.717, 1.165) is 18.2 Å². The van der Waals surface area contributed by atoms with Crippen LogP contribution in [0.4, 0.5) is 5.69 Å². The molecule has 0 unspecified atom stereocenters. The van der Waals surface area contributed by atoms with E-state index in [4.69, 9.17) is 4.74 Å². The molecule has 0 aliphatic heterocycles. The average Bonchev–Trinajstić information content (AvgIpc) is 2.71. The van der Waals surface area contributed by atoms with Gasteiger partial charge in [0.25, 0.3) is 5.91 Å². The molecule has 0 saturated heterocycles. The second-order valence-electron chi connectivity index (χ2n) is 7.06. The summed E-state index contributed by atoms with van der Waals surface area (Å²) in [5.41, 5.74) is 2.83. The number of benzene rings is 2. The van der Waals surface area contributed by atoms with E-state index in [1.54, 1.807) is 24.3 Å². The number of anilines is 1. The first-order valence-corrected chi connectivity index (χ1v) is 11.6. The molecule has 2 atom stereocenters. The summed E-state index contributed by atoms with van der Waals surface area (Å²) in [6, 6.07) is 14.7. The van der Waals surface area contributed by atoms with Crippen LogP contribution in [0, 0.1) is 0 Å². The van der Waals surface area contributed by atoms with Gasteiger partial charge in [-0.3, -0.25) is 9.10 Å². The predicted molar refractivity (Wildman–Crippen MR) is 117 cm³/mol. The maximum Gasteiger partial charge on any atom is 0.261 e. The number of rotatable bonds is 9. The van der Waals surface area contributed by atoms with Crippen LogP contribution in [0.2, 0.25) is 0 Å². The van der Waals surface area contributed by atoms with Crippen molar-refractivity contribution in [2.75, 3.05) is 17.6 Å². The molecule has 6 nitrogen and oxygen atoms in total. The molecule has 0 aromatic heterocycles. The highest BCUT2D eigenvalue weighted by Gasteiger charge is 2.21. The summed E-state index contributed by atoms with van der Waals surface area (Å²) in [4.78, 5) is 12.7. The number of carbonyl (C=O) groups is 1. The second-order valence-corrected chi connectivity index (χ2v) is 9.08. The normalized spacial score (nSPS) is 13.4. The molecule has 0 aliphatic carbocycles. The number of carbonyl (C=O) groups excluding carboxylic acids is 1. The zero-order valence-corrected chi connectivity index (χ0v) is 18.5. The largest absolute Gasteiger partial charge is 0.481 e. The molecule has 0 bridgehead atoms. The fraction of sp³-hybridized carbons (Fsp3) is 0.409. The van der Waals surface area contributed by atoms with Crippen LogP contribution in [0.25, 0.3) is 0 Å². The minimum Gasteiger partial charge on any atom is -0.481 e. The SMILES string of the molecule is CCc1ccc([C@H](C)NC(=O)[C@@H](CC)Oc2ccc(N(C)S(C)(=O)=O)cc2)cc1. The van der Waals surface area contributed by atoms with E-state index in [-0.39, 0.29) is 11.9 Å². The summed E-state index contributed by atoms with van der Waals surface area (Å²) in [5.74, 6) is 0.328. The predicted octanol–water partition coefficient (Wildman–Crippen LogP) is 3.68. The van der Waals surface area contributed by atoms with Crippen molar-refractivity contribution < 1.29 is 17.9 Å². The lowest BCUT2D eigenvalue weighted by molar-refractivity contribution is -0.128. The van der Waals surface area contributed by atoms with E-state index in [2.05, 4.69) is 24.4 Å². The van der Waals surface area contributed by atoms with Crippen molar-refractivity contribution in [2.24, 2.45) is 0 Å². The number of ether oxygens (including phenoxy) is 1. The number of amides is 1. The highest BCUT2D eigenvalue weighted by atomic mass is 32.2. The van der Waals surface area contributed by atoms with E-state index in [1.807, 2.05) is 26.0 Å². The van der Waals surface area contributed by atoms with Crippen LogP contribution in [0.5, 0.6) is 5.75 Å². The number of nitrogens with one attached hydrogen (secondary N) is 1. The minimum atomic E-state index is -3.33. The van der Waals surface area contributed by atoms with E-state index in [9.17, 15) is 13.2 Å². The third-order valence-electron chi connectivity index (χ3n) is 4.89. The average molecular weight is 419 g/mol. The second kappa shape index (κ2) is 9.78. The molecule has 2 aromatic carbocycles. The van der Waals surface area contributed by atoms with E-state index < -0.39 is 16.1 Å². The van der Waals surface area contributed by atoms with Gasteiger partial charge in [0.05, 0.1) is 18.0 Å². The molecule has 0 heterocycles. The summed E-state index contributed by atoms with van der Waals surface area (Å²) in [5, 5.41) is 3.00. The Hall–Kier alpha value is -2.54. The van der Waals surface area contributed by atoms with Gasteiger partial charge in [-0.15, -0.1) is 0 Å². The topological polar surface area (TPSA) is 75.7 Å². The van der Waals surface area contributed by atoms with E-state index >= 15 is 0 Å². The monoisotopic (exact) mass is 418 g/mol. The molecule has 2 rings (SSSR count). The fourth-order valence-electron chi connectivity index (χ4n) is 2.84. The fourth-order valence-corrected chi connectivity index (χ4v) is 3.35. The Balaban J connectivity index is 2.02. The highest BCUT2D eigenvalue weighted by molar-refractivity contribution is 7.92. The van der Waals surface area contributed by atoms with Crippen LogP contribution in [-0.2, 0) is 21.2 Å². The quantitative estimate of drug-likeness (QED) is 0.674. The van der Waals surface area contributed by atoms with Crippen LogP contribution in [0.15, 0.2) is 48.5 Å². The summed E-state index contributed by atoms with van der Waals surface area (Å²) in [6.07, 6.45) is 2.00. The molecule has 158 valence electrons. The van der Waals surface area contributed by atoms with Gasteiger partial charge in [-0.2, -0.15) is 0 Å². The maximum absolute atomic E-state index is 12.7.